The Kier molecular flexibility index (Phi) is 2.17. The van der Waals surface area contributed by atoms with Crippen molar-refractivity contribution in [3.63, 3.8) is 0 Å². The molecule has 1 saturated heterocycles. The van der Waals surface area contributed by atoms with Crippen LogP contribution < -0.4 is 0 Å². The molecular formula is C15H18O3. The topological polar surface area (TPSA) is 38.7 Å². The Morgan fingerprint density at radius 3 is 2.72 bits per heavy atom. The molecule has 0 amide bonds. The van der Waals surface area contributed by atoms with Gasteiger partial charge in [-0.2, -0.15) is 0 Å². The maximum atomic E-state index is 11.3. The van der Waals surface area contributed by atoms with Gasteiger partial charge in [0.15, 0.2) is 5.60 Å². The van der Waals surface area contributed by atoms with Crippen molar-refractivity contribution >= 4 is 0 Å². The lowest BCUT2D eigenvalue weighted by molar-refractivity contribution is -0.294. The molecule has 3 heteroatoms. The second kappa shape index (κ2) is 3.56. The largest absolute Gasteiger partial charge is 0.379 e. The van der Waals surface area contributed by atoms with E-state index in [4.69, 9.17) is 9.47 Å². The fraction of sp³-hybridized carbons (Fsp3) is 0.600. The van der Waals surface area contributed by atoms with Crippen molar-refractivity contribution in [3.8, 4) is 0 Å². The molecule has 2 fully saturated rings. The molecule has 1 heterocycles. The summed E-state index contributed by atoms with van der Waals surface area (Å²) in [5.41, 5.74) is 1.36. The van der Waals surface area contributed by atoms with Gasteiger partial charge in [-0.05, 0) is 24.0 Å². The molecule has 1 aromatic carbocycles. The van der Waals surface area contributed by atoms with Gasteiger partial charge in [-0.25, -0.2) is 0 Å². The molecule has 18 heavy (non-hydrogen) atoms. The van der Waals surface area contributed by atoms with Crippen molar-refractivity contribution in [1.29, 1.82) is 0 Å². The molecular weight excluding hydrogens is 228 g/mol. The summed E-state index contributed by atoms with van der Waals surface area (Å²) in [6.45, 7) is 1.19. The molecule has 0 bridgehead atoms. The van der Waals surface area contributed by atoms with Crippen molar-refractivity contribution in [3.05, 3.63) is 35.4 Å². The normalized spacial score (nSPS) is 36.6. The van der Waals surface area contributed by atoms with Gasteiger partial charge in [-0.15, -0.1) is 0 Å². The standard InChI is InChI=1S/C15H18O3/c16-15-12-6-2-1-5-11(12)13(15)7-3-4-8-14(15)17-9-10-18-14/h1-2,5-6,13,16H,3-4,7-10H2/t13-,15-/m0/s1. The fourth-order valence-corrected chi connectivity index (χ4v) is 4.03. The predicted molar refractivity (Wildman–Crippen MR) is 66.2 cm³/mol. The minimum atomic E-state index is -0.934. The summed E-state index contributed by atoms with van der Waals surface area (Å²) in [6, 6.07) is 8.18. The molecule has 4 rings (SSSR count). The van der Waals surface area contributed by atoms with Crippen LogP contribution in [0.4, 0.5) is 0 Å². The number of hydrogen-bond donors (Lipinski definition) is 1. The van der Waals surface area contributed by atoms with E-state index < -0.39 is 11.4 Å². The summed E-state index contributed by atoms with van der Waals surface area (Å²) in [5, 5.41) is 11.3. The summed E-state index contributed by atoms with van der Waals surface area (Å²) >= 11 is 0. The van der Waals surface area contributed by atoms with Crippen LogP contribution in [0.2, 0.25) is 0 Å². The molecule has 3 nitrogen and oxygen atoms in total. The van der Waals surface area contributed by atoms with E-state index in [0.717, 1.165) is 31.2 Å². The van der Waals surface area contributed by atoms with E-state index in [1.54, 1.807) is 0 Å². The molecule has 0 unspecified atom stereocenters. The van der Waals surface area contributed by atoms with Crippen LogP contribution >= 0.6 is 0 Å². The van der Waals surface area contributed by atoms with Gasteiger partial charge >= 0.3 is 0 Å². The van der Waals surface area contributed by atoms with Crippen LogP contribution in [0.5, 0.6) is 0 Å². The first kappa shape index (κ1) is 11.0. The van der Waals surface area contributed by atoms with Crippen LogP contribution in [-0.2, 0) is 15.1 Å². The van der Waals surface area contributed by atoms with Gasteiger partial charge < -0.3 is 14.6 Å². The van der Waals surface area contributed by atoms with Gasteiger partial charge in [0.2, 0.25) is 5.79 Å². The Morgan fingerprint density at radius 2 is 1.89 bits per heavy atom. The highest BCUT2D eigenvalue weighted by Crippen LogP contribution is 2.62. The third-order valence-corrected chi connectivity index (χ3v) is 4.83. The summed E-state index contributed by atoms with van der Waals surface area (Å²) in [6.07, 6.45) is 4.03. The molecule has 1 saturated carbocycles. The minimum Gasteiger partial charge on any atom is -0.379 e. The summed E-state index contributed by atoms with van der Waals surface area (Å²) in [4.78, 5) is 0. The second-order valence-corrected chi connectivity index (χ2v) is 5.60. The number of fused-ring (bicyclic) bond motifs is 5. The maximum Gasteiger partial charge on any atom is 0.202 e. The molecule has 0 aromatic heterocycles. The van der Waals surface area contributed by atoms with E-state index in [9.17, 15) is 5.11 Å². The van der Waals surface area contributed by atoms with Gasteiger partial charge in [-0.1, -0.05) is 30.7 Å². The summed E-state index contributed by atoms with van der Waals surface area (Å²) < 4.78 is 11.8. The smallest absolute Gasteiger partial charge is 0.202 e. The molecule has 1 N–H and O–H groups in total. The Balaban J connectivity index is 1.88. The highest BCUT2D eigenvalue weighted by molar-refractivity contribution is 5.50. The van der Waals surface area contributed by atoms with Crippen molar-refractivity contribution in [1.82, 2.24) is 0 Å². The summed E-state index contributed by atoms with van der Waals surface area (Å²) in [7, 11) is 0. The number of hydrogen-bond acceptors (Lipinski definition) is 3. The highest BCUT2D eigenvalue weighted by Gasteiger charge is 2.66. The molecule has 1 spiro atoms. The second-order valence-electron chi connectivity index (χ2n) is 5.60. The number of rotatable bonds is 0. The first-order chi connectivity index (χ1) is 8.78. The Bertz CT molecular complexity index is 478. The van der Waals surface area contributed by atoms with Crippen LogP contribution in [0.1, 0.15) is 42.7 Å². The zero-order valence-corrected chi connectivity index (χ0v) is 10.4. The lowest BCUT2D eigenvalue weighted by atomic mass is 9.59. The third kappa shape index (κ3) is 1.11. The predicted octanol–water partition coefficient (Wildman–Crippen LogP) is 2.29. The van der Waals surface area contributed by atoms with Crippen molar-refractivity contribution < 1.29 is 14.6 Å². The van der Waals surface area contributed by atoms with Crippen LogP contribution in [-0.4, -0.2) is 24.1 Å². The molecule has 2 aliphatic carbocycles. The summed E-state index contributed by atoms with van der Waals surface area (Å²) in [5.74, 6) is -0.614. The first-order valence-corrected chi connectivity index (χ1v) is 6.88. The zero-order chi connectivity index (χ0) is 12.2. The van der Waals surface area contributed by atoms with Gasteiger partial charge in [0.05, 0.1) is 13.2 Å². The van der Waals surface area contributed by atoms with Crippen LogP contribution in [0.25, 0.3) is 0 Å². The van der Waals surface area contributed by atoms with E-state index in [2.05, 4.69) is 6.07 Å². The maximum absolute atomic E-state index is 11.3. The zero-order valence-electron chi connectivity index (χ0n) is 10.4. The Hall–Kier alpha value is -0.900. The van der Waals surface area contributed by atoms with Gasteiger partial charge in [0, 0.05) is 12.3 Å². The molecule has 96 valence electrons. The van der Waals surface area contributed by atoms with Crippen molar-refractivity contribution in [2.24, 2.45) is 0 Å². The number of aliphatic hydroxyl groups is 1. The van der Waals surface area contributed by atoms with Crippen LogP contribution in [0.3, 0.4) is 0 Å². The monoisotopic (exact) mass is 246 g/mol. The lowest BCUT2D eigenvalue weighted by Crippen LogP contribution is -2.60. The molecule has 1 aromatic rings. The van der Waals surface area contributed by atoms with Gasteiger partial charge in [0.25, 0.3) is 0 Å². The van der Waals surface area contributed by atoms with E-state index >= 15 is 0 Å². The fourth-order valence-electron chi connectivity index (χ4n) is 4.03. The minimum absolute atomic E-state index is 0.175. The molecule has 2 atom stereocenters. The van der Waals surface area contributed by atoms with E-state index in [0.29, 0.717) is 13.2 Å². The number of benzene rings is 1. The van der Waals surface area contributed by atoms with E-state index in [-0.39, 0.29) is 5.92 Å². The highest BCUT2D eigenvalue weighted by atomic mass is 16.7. The number of ether oxygens (including phenoxy) is 2. The van der Waals surface area contributed by atoms with Crippen LogP contribution in [0.15, 0.2) is 24.3 Å². The van der Waals surface area contributed by atoms with Crippen LogP contribution in [0, 0.1) is 0 Å². The van der Waals surface area contributed by atoms with Gasteiger partial charge in [0.1, 0.15) is 0 Å². The van der Waals surface area contributed by atoms with E-state index in [1.165, 1.54) is 5.56 Å². The molecule has 3 aliphatic rings. The lowest BCUT2D eigenvalue weighted by Gasteiger charge is -2.54. The Morgan fingerprint density at radius 1 is 1.11 bits per heavy atom. The quantitative estimate of drug-likeness (QED) is 0.763. The molecule has 0 radical (unpaired) electrons. The molecule has 1 aliphatic heterocycles. The van der Waals surface area contributed by atoms with Crippen molar-refractivity contribution in [2.45, 2.75) is 43.0 Å². The Labute approximate surface area is 107 Å². The third-order valence-electron chi connectivity index (χ3n) is 4.83. The van der Waals surface area contributed by atoms with E-state index in [1.807, 2.05) is 18.2 Å². The van der Waals surface area contributed by atoms with Gasteiger partial charge in [-0.3, -0.25) is 0 Å². The SMILES string of the molecule is O[C@@]12c3ccccc3[C@@H]1CCCCC21OCCO1. The average Bonchev–Trinajstić information content (AvgIpc) is 2.83. The van der Waals surface area contributed by atoms with Crippen molar-refractivity contribution in [2.75, 3.05) is 13.2 Å². The average molecular weight is 246 g/mol. The first-order valence-electron chi connectivity index (χ1n) is 6.88.